The van der Waals surface area contributed by atoms with E-state index in [1.165, 1.54) is 5.56 Å². The summed E-state index contributed by atoms with van der Waals surface area (Å²) in [4.78, 5) is 21.0. The smallest absolute Gasteiger partial charge is 0.255 e. The van der Waals surface area contributed by atoms with Gasteiger partial charge in [-0.1, -0.05) is 30.3 Å². The molecule has 3 aromatic rings. The summed E-state index contributed by atoms with van der Waals surface area (Å²) in [6, 6.07) is 12.6. The van der Waals surface area contributed by atoms with E-state index in [2.05, 4.69) is 56.0 Å². The van der Waals surface area contributed by atoms with Gasteiger partial charge in [0, 0.05) is 18.2 Å². The molecule has 0 N–H and O–H groups in total. The molecule has 1 saturated carbocycles. The van der Waals surface area contributed by atoms with Crippen LogP contribution in [0.5, 0.6) is 0 Å². The molecule has 2 aliphatic rings. The first-order chi connectivity index (χ1) is 14.3. The predicted molar refractivity (Wildman–Crippen MR) is 119 cm³/mol. The molecule has 1 aliphatic heterocycles. The number of carbonyl (C=O) groups excluding carboxylic acids is 1. The van der Waals surface area contributed by atoms with Gasteiger partial charge < -0.3 is 4.90 Å². The molecule has 0 radical (unpaired) electrons. The second-order valence-corrected chi connectivity index (χ2v) is 9.80. The van der Waals surface area contributed by atoms with Crippen molar-refractivity contribution in [3.8, 4) is 0 Å². The molecule has 1 unspecified atom stereocenters. The molecule has 0 spiro atoms. The highest BCUT2D eigenvalue weighted by molar-refractivity contribution is 6.07. The Morgan fingerprint density at radius 3 is 2.50 bits per heavy atom. The van der Waals surface area contributed by atoms with Crippen LogP contribution in [0, 0.1) is 6.92 Å². The van der Waals surface area contributed by atoms with Crippen molar-refractivity contribution in [1.29, 1.82) is 0 Å². The Morgan fingerprint density at radius 1 is 1.10 bits per heavy atom. The van der Waals surface area contributed by atoms with Gasteiger partial charge in [-0.2, -0.15) is 5.10 Å². The minimum atomic E-state index is -0.192. The van der Waals surface area contributed by atoms with Crippen molar-refractivity contribution in [3.63, 3.8) is 0 Å². The molecule has 5 heteroatoms. The number of hydrogen-bond acceptors (Lipinski definition) is 3. The van der Waals surface area contributed by atoms with E-state index < -0.39 is 0 Å². The maximum Gasteiger partial charge on any atom is 0.255 e. The number of rotatable bonds is 3. The fraction of sp³-hybridized carbons (Fsp3) is 0.480. The van der Waals surface area contributed by atoms with Crippen LogP contribution in [0.2, 0.25) is 0 Å². The van der Waals surface area contributed by atoms with E-state index in [0.29, 0.717) is 5.92 Å². The Hall–Kier alpha value is -2.69. The largest absolute Gasteiger partial charge is 0.332 e. The number of carbonyl (C=O) groups is 1. The van der Waals surface area contributed by atoms with Crippen LogP contribution in [0.15, 0.2) is 36.4 Å². The number of pyridine rings is 1. The molecule has 1 atom stereocenters. The van der Waals surface area contributed by atoms with Crippen LogP contribution in [0.1, 0.15) is 85.7 Å². The van der Waals surface area contributed by atoms with Crippen LogP contribution >= 0.6 is 0 Å². The summed E-state index contributed by atoms with van der Waals surface area (Å²) < 4.78 is 2.00. The average molecular weight is 403 g/mol. The zero-order chi connectivity index (χ0) is 21.0. The maximum absolute atomic E-state index is 13.9. The van der Waals surface area contributed by atoms with Crippen LogP contribution in [-0.4, -0.2) is 32.1 Å². The number of aromatic nitrogens is 3. The molecule has 1 amide bonds. The third-order valence-electron chi connectivity index (χ3n) is 6.39. The van der Waals surface area contributed by atoms with Crippen LogP contribution in [-0.2, 0) is 5.54 Å². The third-order valence-corrected chi connectivity index (χ3v) is 6.39. The number of benzene rings is 1. The van der Waals surface area contributed by atoms with E-state index in [4.69, 9.17) is 10.1 Å². The summed E-state index contributed by atoms with van der Waals surface area (Å²) in [7, 11) is 0. The zero-order valence-electron chi connectivity index (χ0n) is 18.4. The Kier molecular flexibility index (Phi) is 4.46. The second kappa shape index (κ2) is 6.93. The van der Waals surface area contributed by atoms with Crippen molar-refractivity contribution >= 4 is 16.9 Å². The van der Waals surface area contributed by atoms with E-state index in [9.17, 15) is 4.79 Å². The normalized spacial score (nSPS) is 19.6. The lowest BCUT2D eigenvalue weighted by Crippen LogP contribution is -2.31. The van der Waals surface area contributed by atoms with Crippen LogP contribution < -0.4 is 0 Å². The van der Waals surface area contributed by atoms with Crippen molar-refractivity contribution in [3.05, 3.63) is 58.9 Å². The Balaban J connectivity index is 1.64. The van der Waals surface area contributed by atoms with Gasteiger partial charge in [0.1, 0.15) is 0 Å². The van der Waals surface area contributed by atoms with Gasteiger partial charge in [0.05, 0.1) is 28.2 Å². The van der Waals surface area contributed by atoms with Gasteiger partial charge in [-0.3, -0.25) is 4.79 Å². The highest BCUT2D eigenvalue weighted by Crippen LogP contribution is 2.42. The van der Waals surface area contributed by atoms with E-state index in [1.807, 2.05) is 17.7 Å². The average Bonchev–Trinajstić information content (AvgIpc) is 3.36. The summed E-state index contributed by atoms with van der Waals surface area (Å²) in [6.45, 7) is 9.21. The highest BCUT2D eigenvalue weighted by Gasteiger charge is 2.35. The number of fused-ring (bicyclic) bond motifs is 1. The molecule has 156 valence electrons. The molecule has 30 heavy (non-hydrogen) atoms. The van der Waals surface area contributed by atoms with Crippen molar-refractivity contribution < 1.29 is 4.79 Å². The van der Waals surface area contributed by atoms with E-state index in [0.717, 1.165) is 60.2 Å². The van der Waals surface area contributed by atoms with Crippen molar-refractivity contribution in [2.24, 2.45) is 0 Å². The van der Waals surface area contributed by atoms with Crippen molar-refractivity contribution in [2.75, 3.05) is 6.54 Å². The molecule has 1 aromatic carbocycles. The zero-order valence-corrected chi connectivity index (χ0v) is 18.4. The van der Waals surface area contributed by atoms with Gasteiger partial charge in [-0.15, -0.1) is 0 Å². The van der Waals surface area contributed by atoms with Gasteiger partial charge in [0.25, 0.3) is 5.91 Å². The monoisotopic (exact) mass is 402 g/mol. The maximum atomic E-state index is 13.9. The number of hydrogen-bond donors (Lipinski definition) is 0. The lowest BCUT2D eigenvalue weighted by Gasteiger charge is -2.26. The fourth-order valence-corrected chi connectivity index (χ4v) is 4.72. The molecule has 3 heterocycles. The van der Waals surface area contributed by atoms with Gasteiger partial charge in [0.2, 0.25) is 0 Å². The van der Waals surface area contributed by atoms with E-state index in [1.54, 1.807) is 0 Å². The summed E-state index contributed by atoms with van der Waals surface area (Å²) in [5.41, 5.74) is 4.58. The van der Waals surface area contributed by atoms with Gasteiger partial charge in [-0.05, 0) is 65.0 Å². The number of nitrogens with zero attached hydrogens (tertiary/aromatic N) is 4. The van der Waals surface area contributed by atoms with Gasteiger partial charge >= 0.3 is 0 Å². The van der Waals surface area contributed by atoms with Gasteiger partial charge in [0.15, 0.2) is 5.65 Å². The summed E-state index contributed by atoms with van der Waals surface area (Å²) in [5.74, 6) is 0.597. The molecule has 0 bridgehead atoms. The molecule has 2 fully saturated rings. The molecular formula is C25H30N4O. The quantitative estimate of drug-likeness (QED) is 0.593. The molecule has 5 rings (SSSR count). The lowest BCUT2D eigenvalue weighted by atomic mass is 10.0. The standard InChI is InChI=1S/C25H30N4O/c1-16-22-19(24(30)28-14-8-11-21(28)18-9-6-5-7-10-18)15-20(17-12-13-17)26-23(22)29(27-16)25(2,3)4/h5-7,9-10,15,17,21H,8,11-14H2,1-4H3. The minimum Gasteiger partial charge on any atom is -0.332 e. The first kappa shape index (κ1) is 19.3. The first-order valence-electron chi connectivity index (χ1n) is 11.1. The van der Waals surface area contributed by atoms with E-state index >= 15 is 0 Å². The molecule has 1 saturated heterocycles. The van der Waals surface area contributed by atoms with Crippen LogP contribution in [0.25, 0.3) is 11.0 Å². The van der Waals surface area contributed by atoms with E-state index in [-0.39, 0.29) is 17.5 Å². The first-order valence-corrected chi connectivity index (χ1v) is 11.1. The Labute approximate surface area is 178 Å². The number of aryl methyl sites for hydroxylation is 1. The minimum absolute atomic E-state index is 0.118. The SMILES string of the molecule is Cc1nn(C(C)(C)C)c2nc(C3CC3)cc(C(=O)N3CCCC3c3ccccc3)c12. The van der Waals surface area contributed by atoms with Crippen molar-refractivity contribution in [2.45, 2.75) is 70.9 Å². The highest BCUT2D eigenvalue weighted by atomic mass is 16.2. The van der Waals surface area contributed by atoms with Crippen molar-refractivity contribution in [1.82, 2.24) is 19.7 Å². The van der Waals surface area contributed by atoms with Crippen LogP contribution in [0.3, 0.4) is 0 Å². The Morgan fingerprint density at radius 2 is 1.83 bits per heavy atom. The molecular weight excluding hydrogens is 372 g/mol. The summed E-state index contributed by atoms with van der Waals surface area (Å²) >= 11 is 0. The third kappa shape index (κ3) is 3.21. The summed E-state index contributed by atoms with van der Waals surface area (Å²) in [5, 5.41) is 5.73. The summed E-state index contributed by atoms with van der Waals surface area (Å²) in [6.07, 6.45) is 4.37. The second-order valence-electron chi connectivity index (χ2n) is 9.80. The number of likely N-dealkylation sites (tertiary alicyclic amines) is 1. The number of amides is 1. The van der Waals surface area contributed by atoms with Gasteiger partial charge in [-0.25, -0.2) is 9.67 Å². The van der Waals surface area contributed by atoms with Crippen LogP contribution in [0.4, 0.5) is 0 Å². The fourth-order valence-electron chi connectivity index (χ4n) is 4.72. The molecule has 2 aromatic heterocycles. The molecule has 1 aliphatic carbocycles. The lowest BCUT2D eigenvalue weighted by molar-refractivity contribution is 0.0737. The topological polar surface area (TPSA) is 51.0 Å². The predicted octanol–water partition coefficient (Wildman–Crippen LogP) is 5.35. The Bertz CT molecular complexity index is 1110. The molecule has 5 nitrogen and oxygen atoms in total.